The first-order valence-electron chi connectivity index (χ1n) is 8.71. The van der Waals surface area contributed by atoms with Gasteiger partial charge in [0.2, 0.25) is 11.8 Å². The maximum absolute atomic E-state index is 12.2. The van der Waals surface area contributed by atoms with E-state index in [-0.39, 0.29) is 18.2 Å². The lowest BCUT2D eigenvalue weighted by Gasteiger charge is -2.08. The van der Waals surface area contributed by atoms with E-state index in [9.17, 15) is 9.59 Å². The zero-order chi connectivity index (χ0) is 19.9. The highest BCUT2D eigenvalue weighted by molar-refractivity contribution is 8.15. The summed E-state index contributed by atoms with van der Waals surface area (Å²) in [7, 11) is 0. The minimum absolute atomic E-state index is 0.0314. The quantitative estimate of drug-likeness (QED) is 0.549. The van der Waals surface area contributed by atoms with Gasteiger partial charge >= 0.3 is 0 Å². The Balaban J connectivity index is 1.54. The lowest BCUT2D eigenvalue weighted by molar-refractivity contribution is -0.122. The van der Waals surface area contributed by atoms with Crippen LogP contribution >= 0.6 is 11.8 Å². The molecule has 1 unspecified atom stereocenters. The van der Waals surface area contributed by atoms with Crippen LogP contribution in [0.5, 0.6) is 5.75 Å². The van der Waals surface area contributed by atoms with Crippen LogP contribution in [0.25, 0.3) is 0 Å². The number of rotatable bonds is 7. The molecule has 28 heavy (non-hydrogen) atoms. The largest absolute Gasteiger partial charge is 0.494 e. The molecule has 1 saturated heterocycles. The SMILES string of the molecule is CCOc1ccc(NC(=O)CC2SC(=NN=C(C)c3ccco3)NC2=O)cc1. The standard InChI is InChI=1S/C19H20N4O4S/c1-3-26-14-8-6-13(7-9-14)20-17(24)11-16-18(25)21-19(28-16)23-22-12(2)15-5-4-10-27-15/h4-10,16H,3,11H2,1-2H3,(H,20,24)(H,21,23,25). The fourth-order valence-electron chi connectivity index (χ4n) is 2.42. The molecule has 3 rings (SSSR count). The van der Waals surface area contributed by atoms with E-state index in [0.717, 1.165) is 5.75 Å². The van der Waals surface area contributed by atoms with Crippen molar-refractivity contribution < 1.29 is 18.7 Å². The predicted octanol–water partition coefficient (Wildman–Crippen LogP) is 3.02. The van der Waals surface area contributed by atoms with E-state index in [1.165, 1.54) is 11.8 Å². The summed E-state index contributed by atoms with van der Waals surface area (Å²) >= 11 is 1.18. The average Bonchev–Trinajstić information content (AvgIpc) is 3.32. The van der Waals surface area contributed by atoms with Crippen molar-refractivity contribution in [3.63, 3.8) is 0 Å². The van der Waals surface area contributed by atoms with Gasteiger partial charge in [0.05, 0.1) is 12.9 Å². The van der Waals surface area contributed by atoms with Crippen molar-refractivity contribution >= 4 is 40.1 Å². The van der Waals surface area contributed by atoms with Gasteiger partial charge in [-0.05, 0) is 50.2 Å². The van der Waals surface area contributed by atoms with Gasteiger partial charge in [0.25, 0.3) is 0 Å². The molecule has 1 atom stereocenters. The van der Waals surface area contributed by atoms with Gasteiger partial charge in [0.1, 0.15) is 22.5 Å². The van der Waals surface area contributed by atoms with Crippen LogP contribution < -0.4 is 15.4 Å². The molecule has 9 heteroatoms. The number of carbonyl (C=O) groups excluding carboxylic acids is 2. The van der Waals surface area contributed by atoms with Crippen LogP contribution in [0, 0.1) is 0 Å². The predicted molar refractivity (Wildman–Crippen MR) is 109 cm³/mol. The van der Waals surface area contributed by atoms with Crippen LogP contribution in [0.2, 0.25) is 0 Å². The van der Waals surface area contributed by atoms with Crippen LogP contribution in [0.15, 0.2) is 57.3 Å². The highest BCUT2D eigenvalue weighted by Crippen LogP contribution is 2.23. The Morgan fingerprint density at radius 3 is 2.79 bits per heavy atom. The molecule has 2 aromatic rings. The number of hydrogen-bond donors (Lipinski definition) is 2. The molecule has 2 N–H and O–H groups in total. The van der Waals surface area contributed by atoms with Crippen LogP contribution in [-0.4, -0.2) is 34.6 Å². The van der Waals surface area contributed by atoms with E-state index < -0.39 is 5.25 Å². The molecule has 0 aliphatic carbocycles. The van der Waals surface area contributed by atoms with E-state index in [2.05, 4.69) is 20.8 Å². The highest BCUT2D eigenvalue weighted by Gasteiger charge is 2.32. The van der Waals surface area contributed by atoms with E-state index in [0.29, 0.717) is 28.9 Å². The van der Waals surface area contributed by atoms with Crippen molar-refractivity contribution in [2.45, 2.75) is 25.5 Å². The second kappa shape index (κ2) is 9.23. The van der Waals surface area contributed by atoms with E-state index in [1.807, 2.05) is 6.92 Å². The zero-order valence-corrected chi connectivity index (χ0v) is 16.3. The van der Waals surface area contributed by atoms with Gasteiger partial charge in [-0.25, -0.2) is 0 Å². The number of ether oxygens (including phenoxy) is 1. The Morgan fingerprint density at radius 2 is 2.11 bits per heavy atom. The number of amidine groups is 1. The van der Waals surface area contributed by atoms with Crippen molar-refractivity contribution in [1.29, 1.82) is 0 Å². The van der Waals surface area contributed by atoms with Gasteiger partial charge in [-0.2, -0.15) is 0 Å². The molecule has 1 fully saturated rings. The number of thioether (sulfide) groups is 1. The number of benzene rings is 1. The molecular weight excluding hydrogens is 380 g/mol. The smallest absolute Gasteiger partial charge is 0.240 e. The average molecular weight is 400 g/mol. The van der Waals surface area contributed by atoms with Crippen molar-refractivity contribution in [2.75, 3.05) is 11.9 Å². The van der Waals surface area contributed by atoms with Gasteiger partial charge in [-0.3, -0.25) is 9.59 Å². The minimum atomic E-state index is -0.555. The van der Waals surface area contributed by atoms with Crippen LogP contribution in [-0.2, 0) is 9.59 Å². The molecule has 1 aromatic heterocycles. The van der Waals surface area contributed by atoms with Crippen molar-refractivity contribution in [3.05, 3.63) is 48.4 Å². The monoisotopic (exact) mass is 400 g/mol. The van der Waals surface area contributed by atoms with Gasteiger partial charge in [0.15, 0.2) is 5.17 Å². The molecule has 0 saturated carbocycles. The third-order valence-corrected chi connectivity index (χ3v) is 4.84. The molecule has 2 amide bonds. The van der Waals surface area contributed by atoms with Crippen molar-refractivity contribution in [1.82, 2.24) is 5.32 Å². The second-order valence-corrected chi connectivity index (χ2v) is 7.06. The molecule has 8 nitrogen and oxygen atoms in total. The molecule has 0 radical (unpaired) electrons. The van der Waals surface area contributed by atoms with Crippen molar-refractivity contribution in [3.8, 4) is 5.75 Å². The summed E-state index contributed by atoms with van der Waals surface area (Å²) in [5, 5.41) is 13.3. The number of amides is 2. The Morgan fingerprint density at radius 1 is 1.32 bits per heavy atom. The molecule has 1 aliphatic heterocycles. The molecule has 1 aromatic carbocycles. The zero-order valence-electron chi connectivity index (χ0n) is 15.5. The minimum Gasteiger partial charge on any atom is -0.494 e. The van der Waals surface area contributed by atoms with Crippen LogP contribution in [0.3, 0.4) is 0 Å². The molecular formula is C19H20N4O4S. The van der Waals surface area contributed by atoms with Gasteiger partial charge in [0, 0.05) is 12.1 Å². The van der Waals surface area contributed by atoms with Crippen molar-refractivity contribution in [2.24, 2.45) is 10.2 Å². The third-order valence-electron chi connectivity index (χ3n) is 3.76. The molecule has 0 bridgehead atoms. The lowest BCUT2D eigenvalue weighted by Crippen LogP contribution is -2.28. The Hall–Kier alpha value is -3.07. The van der Waals surface area contributed by atoms with Crippen LogP contribution in [0.4, 0.5) is 5.69 Å². The Kier molecular flexibility index (Phi) is 6.49. The third kappa shape index (κ3) is 5.23. The fraction of sp³-hybridized carbons (Fsp3) is 0.263. The first-order valence-corrected chi connectivity index (χ1v) is 9.59. The van der Waals surface area contributed by atoms with E-state index >= 15 is 0 Å². The molecule has 0 spiro atoms. The number of nitrogens with zero attached hydrogens (tertiary/aromatic N) is 2. The molecule has 2 heterocycles. The van der Waals surface area contributed by atoms with E-state index in [1.54, 1.807) is 49.6 Å². The number of hydrogen-bond acceptors (Lipinski definition) is 7. The second-order valence-electron chi connectivity index (χ2n) is 5.87. The summed E-state index contributed by atoms with van der Waals surface area (Å²) in [5.41, 5.74) is 1.23. The maximum atomic E-state index is 12.2. The first kappa shape index (κ1) is 19.7. The summed E-state index contributed by atoms with van der Waals surface area (Å²) in [4.78, 5) is 24.3. The van der Waals surface area contributed by atoms with Crippen LogP contribution in [0.1, 0.15) is 26.0 Å². The number of carbonyl (C=O) groups is 2. The summed E-state index contributed by atoms with van der Waals surface area (Å²) in [6.45, 7) is 4.24. The lowest BCUT2D eigenvalue weighted by atomic mass is 10.2. The summed E-state index contributed by atoms with van der Waals surface area (Å²) in [5.74, 6) is 0.812. The summed E-state index contributed by atoms with van der Waals surface area (Å²) in [6.07, 6.45) is 1.58. The fourth-order valence-corrected chi connectivity index (χ4v) is 3.34. The Bertz CT molecular complexity index is 891. The first-order chi connectivity index (χ1) is 13.5. The highest BCUT2D eigenvalue weighted by atomic mass is 32.2. The van der Waals surface area contributed by atoms with Gasteiger partial charge in [-0.15, -0.1) is 10.2 Å². The number of nitrogens with one attached hydrogen (secondary N) is 2. The number of furan rings is 1. The van der Waals surface area contributed by atoms with E-state index in [4.69, 9.17) is 9.15 Å². The molecule has 146 valence electrons. The maximum Gasteiger partial charge on any atom is 0.240 e. The number of anilines is 1. The topological polar surface area (TPSA) is 105 Å². The summed E-state index contributed by atoms with van der Waals surface area (Å²) < 4.78 is 10.6. The Labute approximate surface area is 166 Å². The van der Waals surface area contributed by atoms with Gasteiger partial charge in [-0.1, -0.05) is 11.8 Å². The molecule has 1 aliphatic rings. The van der Waals surface area contributed by atoms with Gasteiger partial charge < -0.3 is 19.8 Å². The normalized spacial score (nSPS) is 18.2. The summed E-state index contributed by atoms with van der Waals surface area (Å²) in [6, 6.07) is 10.6.